The Morgan fingerprint density at radius 1 is 1.05 bits per heavy atom. The molecule has 228 valence electrons. The maximum atomic E-state index is 14.9. The summed E-state index contributed by atoms with van der Waals surface area (Å²) in [5.74, 6) is -0.428. The van der Waals surface area contributed by atoms with Gasteiger partial charge in [0, 0.05) is 37.1 Å². The number of fused-ring (bicyclic) bond motifs is 1. The Hall–Kier alpha value is -4.52. The summed E-state index contributed by atoms with van der Waals surface area (Å²) >= 11 is 0. The van der Waals surface area contributed by atoms with E-state index in [1.54, 1.807) is 18.2 Å². The monoisotopic (exact) mass is 618 g/mol. The molecule has 0 atom stereocenters. The molecule has 1 fully saturated rings. The number of anilines is 1. The van der Waals surface area contributed by atoms with Crippen LogP contribution >= 0.6 is 0 Å². The van der Waals surface area contributed by atoms with Crippen molar-refractivity contribution in [3.8, 4) is 34.0 Å². The predicted octanol–water partition coefficient (Wildman–Crippen LogP) is 4.75. The lowest BCUT2D eigenvalue weighted by molar-refractivity contribution is 0.122. The first kappa shape index (κ1) is 29.5. The van der Waals surface area contributed by atoms with Crippen molar-refractivity contribution in [1.29, 1.82) is 0 Å². The van der Waals surface area contributed by atoms with E-state index in [1.165, 1.54) is 42.6 Å². The zero-order valence-corrected chi connectivity index (χ0v) is 24.8. The normalized spacial score (nSPS) is 13.8. The molecule has 1 aliphatic rings. The molecule has 0 aliphatic carbocycles. The number of phenolic OH excluding ortho intramolecular Hbond substituents is 1. The molecule has 0 amide bonds. The number of rotatable bonds is 9. The van der Waals surface area contributed by atoms with Crippen LogP contribution in [-0.4, -0.2) is 72.3 Å². The Bertz CT molecular complexity index is 1900. The molecule has 3 aromatic carbocycles. The Kier molecular flexibility index (Phi) is 8.21. The third-order valence-corrected chi connectivity index (χ3v) is 9.08. The van der Waals surface area contributed by atoms with Gasteiger partial charge in [-0.05, 0) is 49.4 Å². The summed E-state index contributed by atoms with van der Waals surface area (Å²) in [4.78, 5) is 6.53. The van der Waals surface area contributed by atoms with Crippen molar-refractivity contribution < 1.29 is 32.5 Å². The first-order valence-electron chi connectivity index (χ1n) is 14.2. The molecule has 0 spiro atoms. The second-order valence-electron chi connectivity index (χ2n) is 10.4. The third kappa shape index (κ3) is 5.59. The molecule has 0 saturated carbocycles. The first-order chi connectivity index (χ1) is 21.3. The van der Waals surface area contributed by atoms with Crippen molar-refractivity contribution in [3.05, 3.63) is 84.3 Å². The number of hydrogen-bond donors (Lipinski definition) is 2. The second kappa shape index (κ2) is 12.2. The summed E-state index contributed by atoms with van der Waals surface area (Å²) in [6, 6.07) is 17.4. The summed E-state index contributed by atoms with van der Waals surface area (Å²) in [7, 11) is -4.16. The van der Waals surface area contributed by atoms with Gasteiger partial charge in [0.05, 0.1) is 47.9 Å². The van der Waals surface area contributed by atoms with Gasteiger partial charge >= 0.3 is 0 Å². The van der Waals surface area contributed by atoms with Crippen LogP contribution in [0, 0.1) is 12.7 Å². The van der Waals surface area contributed by atoms with Crippen molar-refractivity contribution in [2.45, 2.75) is 18.2 Å². The number of phenols is 1. The highest BCUT2D eigenvalue weighted by molar-refractivity contribution is 7.90. The van der Waals surface area contributed by atoms with Crippen molar-refractivity contribution in [2.24, 2.45) is 0 Å². The largest absolute Gasteiger partial charge is 0.507 e. The SMILES string of the molecule is Cc1ccc(S(=O)(=O)n2nc(-c3ccc(N4CCOCC4)c(OCCCO)c3)c3cc(-c4c(O)cccc4F)ncc32)cc1. The van der Waals surface area contributed by atoms with Crippen LogP contribution in [0.1, 0.15) is 12.0 Å². The number of aryl methyl sites for hydroxylation is 1. The van der Waals surface area contributed by atoms with Crippen LogP contribution in [0.3, 0.4) is 0 Å². The summed E-state index contributed by atoms with van der Waals surface area (Å²) in [5, 5.41) is 24.8. The molecule has 5 aromatic rings. The average molecular weight is 619 g/mol. The lowest BCUT2D eigenvalue weighted by Gasteiger charge is -2.30. The van der Waals surface area contributed by atoms with Gasteiger partial charge in [-0.3, -0.25) is 4.98 Å². The molecule has 1 saturated heterocycles. The van der Waals surface area contributed by atoms with E-state index in [9.17, 15) is 23.0 Å². The minimum atomic E-state index is -4.16. The number of aliphatic hydroxyl groups excluding tert-OH is 1. The van der Waals surface area contributed by atoms with E-state index in [2.05, 4.69) is 15.0 Å². The number of morpholine rings is 1. The number of ether oxygens (including phenoxy) is 2. The quantitative estimate of drug-likeness (QED) is 0.225. The molecule has 0 bridgehead atoms. The van der Waals surface area contributed by atoms with Gasteiger partial charge < -0.3 is 24.6 Å². The molecule has 10 nitrogen and oxygen atoms in total. The van der Waals surface area contributed by atoms with E-state index in [0.717, 1.165) is 15.3 Å². The van der Waals surface area contributed by atoms with E-state index in [-0.39, 0.29) is 40.6 Å². The number of halogens is 1. The van der Waals surface area contributed by atoms with Gasteiger partial charge in [-0.2, -0.15) is 17.6 Å². The van der Waals surface area contributed by atoms with Crippen LogP contribution in [0.15, 0.2) is 77.8 Å². The number of nitrogens with zero attached hydrogens (tertiary/aromatic N) is 4. The Labute approximate surface area is 254 Å². The van der Waals surface area contributed by atoms with Gasteiger partial charge in [-0.15, -0.1) is 0 Å². The lowest BCUT2D eigenvalue weighted by atomic mass is 10.0. The zero-order chi connectivity index (χ0) is 30.8. The minimum Gasteiger partial charge on any atom is -0.507 e. The van der Waals surface area contributed by atoms with Crippen molar-refractivity contribution >= 4 is 26.6 Å². The van der Waals surface area contributed by atoms with Gasteiger partial charge in [0.15, 0.2) is 0 Å². The fraction of sp³-hybridized carbons (Fsp3) is 0.250. The summed E-state index contributed by atoms with van der Waals surface area (Å²) in [5.41, 5.74) is 2.79. The number of aliphatic hydroxyl groups is 1. The molecule has 3 heterocycles. The van der Waals surface area contributed by atoms with E-state index in [0.29, 0.717) is 55.1 Å². The van der Waals surface area contributed by atoms with Crippen LogP contribution < -0.4 is 9.64 Å². The first-order valence-corrected chi connectivity index (χ1v) is 15.6. The smallest absolute Gasteiger partial charge is 0.283 e. The van der Waals surface area contributed by atoms with Crippen LogP contribution in [0.2, 0.25) is 0 Å². The topological polar surface area (TPSA) is 127 Å². The van der Waals surface area contributed by atoms with Crippen LogP contribution in [0.5, 0.6) is 11.5 Å². The van der Waals surface area contributed by atoms with Crippen molar-refractivity contribution in [1.82, 2.24) is 14.2 Å². The number of benzene rings is 3. The number of aromatic hydroxyl groups is 1. The summed E-state index contributed by atoms with van der Waals surface area (Å²) < 4.78 is 55.1. The van der Waals surface area contributed by atoms with Crippen LogP contribution in [0.4, 0.5) is 10.1 Å². The van der Waals surface area contributed by atoms with E-state index in [4.69, 9.17) is 9.47 Å². The standard InChI is InChI=1S/C32H31FN4O6S/c1-21-6-9-23(10-7-21)44(40,41)37-28-20-34-26(31-25(33)4-2-5-29(31)39)19-24(28)32(35-37)22-8-11-27(36-12-16-42-17-13-36)30(18-22)43-15-3-14-38/h2,4-11,18-20,38-39H,3,12-17H2,1H3. The summed E-state index contributed by atoms with van der Waals surface area (Å²) in [6.45, 7) is 4.59. The number of hydrogen-bond acceptors (Lipinski definition) is 9. The fourth-order valence-electron chi connectivity index (χ4n) is 5.19. The molecule has 0 radical (unpaired) electrons. The van der Waals surface area contributed by atoms with E-state index >= 15 is 0 Å². The van der Waals surface area contributed by atoms with Gasteiger partial charge in [-0.25, -0.2) is 4.39 Å². The molecule has 2 N–H and O–H groups in total. The van der Waals surface area contributed by atoms with Crippen LogP contribution in [-0.2, 0) is 14.8 Å². The van der Waals surface area contributed by atoms with Crippen molar-refractivity contribution in [2.75, 3.05) is 44.4 Å². The minimum absolute atomic E-state index is 0.0306. The predicted molar refractivity (Wildman–Crippen MR) is 164 cm³/mol. The van der Waals surface area contributed by atoms with Gasteiger partial charge in [0.25, 0.3) is 10.0 Å². The summed E-state index contributed by atoms with van der Waals surface area (Å²) in [6.07, 6.45) is 1.75. The molecule has 0 unspecified atom stereocenters. The Balaban J connectivity index is 1.55. The highest BCUT2D eigenvalue weighted by Crippen LogP contribution is 2.39. The molecule has 6 rings (SSSR count). The fourth-order valence-corrected chi connectivity index (χ4v) is 6.46. The number of aromatic nitrogens is 3. The van der Waals surface area contributed by atoms with E-state index < -0.39 is 15.8 Å². The lowest BCUT2D eigenvalue weighted by Crippen LogP contribution is -2.36. The van der Waals surface area contributed by atoms with Crippen molar-refractivity contribution in [3.63, 3.8) is 0 Å². The van der Waals surface area contributed by atoms with Crippen LogP contribution in [0.25, 0.3) is 33.4 Å². The molecule has 2 aromatic heterocycles. The third-order valence-electron chi connectivity index (χ3n) is 7.47. The highest BCUT2D eigenvalue weighted by atomic mass is 32.2. The molecular weight excluding hydrogens is 587 g/mol. The van der Waals surface area contributed by atoms with Gasteiger partial charge in [-0.1, -0.05) is 29.8 Å². The zero-order valence-electron chi connectivity index (χ0n) is 24.0. The highest BCUT2D eigenvalue weighted by Gasteiger charge is 2.26. The Morgan fingerprint density at radius 3 is 2.55 bits per heavy atom. The molecular formula is C32H31FN4O6S. The maximum absolute atomic E-state index is 14.9. The van der Waals surface area contributed by atoms with E-state index in [1.807, 2.05) is 19.1 Å². The molecule has 12 heteroatoms. The second-order valence-corrected chi connectivity index (χ2v) is 12.2. The molecule has 44 heavy (non-hydrogen) atoms. The van der Waals surface area contributed by atoms with Gasteiger partial charge in [0.2, 0.25) is 0 Å². The average Bonchev–Trinajstić information content (AvgIpc) is 3.42. The number of pyridine rings is 1. The Morgan fingerprint density at radius 2 is 1.82 bits per heavy atom. The maximum Gasteiger partial charge on any atom is 0.283 e. The molecule has 1 aliphatic heterocycles. The van der Waals surface area contributed by atoms with Gasteiger partial charge in [0.1, 0.15) is 28.5 Å².